The summed E-state index contributed by atoms with van der Waals surface area (Å²) in [7, 11) is 0. The van der Waals surface area contributed by atoms with E-state index in [1.807, 2.05) is 27.2 Å². The standard InChI is InChI=1S/C15H17N7OS/c23-13(7-11-9-24-15(19-11)14-16-10-17-20-14)21-5-1-3-12(8-21)22-6-2-4-18-22/h2,4,6,9-10,12H,1,3,5,7-8H2,(H,16,17,20). The predicted octanol–water partition coefficient (Wildman–Crippen LogP) is 1.53. The van der Waals surface area contributed by atoms with E-state index in [0.717, 1.165) is 30.1 Å². The smallest absolute Gasteiger partial charge is 0.228 e. The second kappa shape index (κ2) is 6.52. The van der Waals surface area contributed by atoms with Gasteiger partial charge in [-0.3, -0.25) is 14.6 Å². The number of nitrogens with one attached hydrogen (secondary N) is 1. The van der Waals surface area contributed by atoms with E-state index >= 15 is 0 Å². The summed E-state index contributed by atoms with van der Waals surface area (Å²) in [6, 6.07) is 2.18. The maximum absolute atomic E-state index is 12.6. The van der Waals surface area contributed by atoms with Gasteiger partial charge < -0.3 is 4.90 Å². The molecule has 1 saturated heterocycles. The molecule has 0 aliphatic carbocycles. The normalized spacial score (nSPS) is 18.0. The summed E-state index contributed by atoms with van der Waals surface area (Å²) in [6.07, 6.45) is 7.56. The molecule has 0 saturated carbocycles. The number of carbonyl (C=O) groups is 1. The van der Waals surface area contributed by atoms with E-state index in [4.69, 9.17) is 0 Å². The van der Waals surface area contributed by atoms with Crippen molar-refractivity contribution in [3.05, 3.63) is 35.9 Å². The highest BCUT2D eigenvalue weighted by molar-refractivity contribution is 7.13. The number of likely N-dealkylation sites (tertiary alicyclic amines) is 1. The molecule has 1 unspecified atom stereocenters. The van der Waals surface area contributed by atoms with Crippen LogP contribution in [0, 0.1) is 0 Å². The Morgan fingerprint density at radius 3 is 3.21 bits per heavy atom. The van der Waals surface area contributed by atoms with E-state index in [0.29, 0.717) is 18.8 Å². The number of hydrogen-bond donors (Lipinski definition) is 1. The van der Waals surface area contributed by atoms with Gasteiger partial charge in [0.2, 0.25) is 5.91 Å². The average Bonchev–Trinajstić information content (AvgIpc) is 3.36. The second-order valence-corrected chi connectivity index (χ2v) is 6.63. The first-order valence-electron chi connectivity index (χ1n) is 7.86. The molecule has 24 heavy (non-hydrogen) atoms. The van der Waals surface area contributed by atoms with Crippen LogP contribution in [0.15, 0.2) is 30.2 Å². The van der Waals surface area contributed by atoms with E-state index in [-0.39, 0.29) is 11.9 Å². The Morgan fingerprint density at radius 2 is 2.42 bits per heavy atom. The van der Waals surface area contributed by atoms with Gasteiger partial charge in [0.25, 0.3) is 0 Å². The minimum Gasteiger partial charge on any atom is -0.340 e. The number of piperidine rings is 1. The Bertz CT molecular complexity index is 796. The number of rotatable bonds is 4. The summed E-state index contributed by atoms with van der Waals surface area (Å²) in [5, 5.41) is 13.6. The van der Waals surface area contributed by atoms with Crippen LogP contribution in [0.3, 0.4) is 0 Å². The highest BCUT2D eigenvalue weighted by atomic mass is 32.1. The predicted molar refractivity (Wildman–Crippen MR) is 88.3 cm³/mol. The molecule has 1 fully saturated rings. The molecule has 1 amide bonds. The zero-order chi connectivity index (χ0) is 16.4. The molecule has 0 bridgehead atoms. The van der Waals surface area contributed by atoms with Crippen LogP contribution >= 0.6 is 11.3 Å². The highest BCUT2D eigenvalue weighted by Crippen LogP contribution is 2.23. The summed E-state index contributed by atoms with van der Waals surface area (Å²) in [5.41, 5.74) is 0.776. The van der Waals surface area contributed by atoms with Gasteiger partial charge in [0, 0.05) is 30.9 Å². The lowest BCUT2D eigenvalue weighted by atomic mass is 10.1. The number of aromatic nitrogens is 6. The van der Waals surface area contributed by atoms with Crippen molar-refractivity contribution in [3.63, 3.8) is 0 Å². The van der Waals surface area contributed by atoms with Crippen molar-refractivity contribution in [2.24, 2.45) is 0 Å². The fourth-order valence-electron chi connectivity index (χ4n) is 2.97. The molecule has 1 N–H and O–H groups in total. The van der Waals surface area contributed by atoms with Crippen molar-refractivity contribution < 1.29 is 4.79 Å². The molecule has 3 aromatic rings. The summed E-state index contributed by atoms with van der Waals surface area (Å²) in [5.74, 6) is 0.747. The van der Waals surface area contributed by atoms with Gasteiger partial charge in [-0.15, -0.1) is 11.3 Å². The van der Waals surface area contributed by atoms with Gasteiger partial charge in [-0.05, 0) is 18.9 Å². The van der Waals surface area contributed by atoms with Crippen molar-refractivity contribution >= 4 is 17.2 Å². The van der Waals surface area contributed by atoms with Gasteiger partial charge in [0.05, 0.1) is 18.2 Å². The minimum atomic E-state index is 0.112. The summed E-state index contributed by atoms with van der Waals surface area (Å²) < 4.78 is 1.95. The fraction of sp³-hybridized carbons (Fsp3) is 0.400. The number of aromatic amines is 1. The number of H-pyrrole nitrogens is 1. The van der Waals surface area contributed by atoms with E-state index in [1.165, 1.54) is 17.7 Å². The Morgan fingerprint density at radius 1 is 1.46 bits per heavy atom. The van der Waals surface area contributed by atoms with Crippen LogP contribution in [0.5, 0.6) is 0 Å². The third-order valence-electron chi connectivity index (χ3n) is 4.15. The lowest BCUT2D eigenvalue weighted by Gasteiger charge is -2.32. The van der Waals surface area contributed by atoms with Crippen molar-refractivity contribution in [2.75, 3.05) is 13.1 Å². The largest absolute Gasteiger partial charge is 0.340 e. The number of carbonyl (C=O) groups excluding carboxylic acids is 1. The lowest BCUT2D eigenvalue weighted by molar-refractivity contribution is -0.132. The fourth-order valence-corrected chi connectivity index (χ4v) is 3.73. The molecule has 0 spiro atoms. The summed E-state index contributed by atoms with van der Waals surface area (Å²) >= 11 is 1.46. The molecule has 124 valence electrons. The van der Waals surface area contributed by atoms with Crippen LogP contribution in [-0.4, -0.2) is 53.8 Å². The first-order chi connectivity index (χ1) is 11.8. The zero-order valence-electron chi connectivity index (χ0n) is 13.0. The molecule has 1 atom stereocenters. The molecule has 8 nitrogen and oxygen atoms in total. The topological polar surface area (TPSA) is 92.6 Å². The highest BCUT2D eigenvalue weighted by Gasteiger charge is 2.25. The van der Waals surface area contributed by atoms with Crippen molar-refractivity contribution in [3.8, 4) is 10.8 Å². The van der Waals surface area contributed by atoms with Crippen molar-refractivity contribution in [1.82, 2.24) is 34.8 Å². The van der Waals surface area contributed by atoms with Gasteiger partial charge in [-0.1, -0.05) is 0 Å². The van der Waals surface area contributed by atoms with E-state index in [1.54, 1.807) is 6.20 Å². The van der Waals surface area contributed by atoms with Crippen LogP contribution in [0.4, 0.5) is 0 Å². The molecular weight excluding hydrogens is 326 g/mol. The Labute approximate surface area is 142 Å². The number of nitrogens with zero attached hydrogens (tertiary/aromatic N) is 6. The van der Waals surface area contributed by atoms with Crippen LogP contribution < -0.4 is 0 Å². The maximum atomic E-state index is 12.6. The molecule has 1 aliphatic rings. The van der Waals surface area contributed by atoms with Crippen LogP contribution in [0.2, 0.25) is 0 Å². The summed E-state index contributed by atoms with van der Waals surface area (Å²) in [6.45, 7) is 1.51. The monoisotopic (exact) mass is 343 g/mol. The first kappa shape index (κ1) is 15.0. The number of hydrogen-bond acceptors (Lipinski definition) is 6. The van der Waals surface area contributed by atoms with Gasteiger partial charge in [0.1, 0.15) is 6.33 Å². The van der Waals surface area contributed by atoms with Gasteiger partial charge >= 0.3 is 0 Å². The Balaban J connectivity index is 1.41. The molecule has 4 rings (SSSR count). The zero-order valence-corrected chi connectivity index (χ0v) is 13.8. The molecular formula is C15H17N7OS. The molecule has 9 heteroatoms. The third-order valence-corrected chi connectivity index (χ3v) is 5.05. The maximum Gasteiger partial charge on any atom is 0.228 e. The SMILES string of the molecule is O=C(Cc1csc(-c2ncn[nH]2)n1)N1CCCC(n2cccn2)C1. The second-order valence-electron chi connectivity index (χ2n) is 5.78. The Kier molecular flexibility index (Phi) is 4.08. The van der Waals surface area contributed by atoms with E-state index in [9.17, 15) is 4.79 Å². The van der Waals surface area contributed by atoms with Crippen molar-refractivity contribution in [2.45, 2.75) is 25.3 Å². The summed E-state index contributed by atoms with van der Waals surface area (Å²) in [4.78, 5) is 23.1. The van der Waals surface area contributed by atoms with Crippen LogP contribution in [0.25, 0.3) is 10.8 Å². The van der Waals surface area contributed by atoms with Crippen LogP contribution in [0.1, 0.15) is 24.6 Å². The molecule has 4 heterocycles. The van der Waals surface area contributed by atoms with Gasteiger partial charge in [-0.2, -0.15) is 10.2 Å². The lowest BCUT2D eigenvalue weighted by Crippen LogP contribution is -2.41. The quantitative estimate of drug-likeness (QED) is 0.775. The van der Waals surface area contributed by atoms with Gasteiger partial charge in [-0.25, -0.2) is 9.97 Å². The molecule has 3 aromatic heterocycles. The average molecular weight is 343 g/mol. The van der Waals surface area contributed by atoms with E-state index < -0.39 is 0 Å². The first-order valence-corrected chi connectivity index (χ1v) is 8.74. The number of thiazole rings is 1. The van der Waals surface area contributed by atoms with Crippen molar-refractivity contribution in [1.29, 1.82) is 0 Å². The Hall–Kier alpha value is -2.55. The van der Waals surface area contributed by atoms with Gasteiger partial charge in [0.15, 0.2) is 10.8 Å². The molecule has 0 aromatic carbocycles. The molecule has 0 radical (unpaired) electrons. The van der Waals surface area contributed by atoms with E-state index in [2.05, 4.69) is 25.3 Å². The molecule has 1 aliphatic heterocycles. The third kappa shape index (κ3) is 3.07. The van der Waals surface area contributed by atoms with Crippen LogP contribution in [-0.2, 0) is 11.2 Å². The number of amides is 1. The minimum absolute atomic E-state index is 0.112.